The van der Waals surface area contributed by atoms with Crippen molar-refractivity contribution in [3.63, 3.8) is 0 Å². The number of carbonyl (C=O) groups is 1. The van der Waals surface area contributed by atoms with E-state index in [4.69, 9.17) is 0 Å². The van der Waals surface area contributed by atoms with Crippen LogP contribution in [0.15, 0.2) is 30.5 Å². The summed E-state index contributed by atoms with van der Waals surface area (Å²) in [5.74, 6) is -0.133. The van der Waals surface area contributed by atoms with Gasteiger partial charge in [-0.1, -0.05) is 12.1 Å². The van der Waals surface area contributed by atoms with Crippen LogP contribution >= 0.6 is 0 Å². The molecular weight excluding hydrogens is 268 g/mol. The Morgan fingerprint density at radius 3 is 2.86 bits per heavy atom. The summed E-state index contributed by atoms with van der Waals surface area (Å²) < 4.78 is 1.72. The maximum atomic E-state index is 11.1. The fourth-order valence-corrected chi connectivity index (χ4v) is 2.00. The molecule has 0 aliphatic carbocycles. The van der Waals surface area contributed by atoms with Crippen molar-refractivity contribution in [2.24, 2.45) is 0 Å². The van der Waals surface area contributed by atoms with E-state index < -0.39 is 0 Å². The molecule has 0 saturated heterocycles. The van der Waals surface area contributed by atoms with Crippen LogP contribution in [0.1, 0.15) is 6.92 Å². The van der Waals surface area contributed by atoms with Gasteiger partial charge in [0, 0.05) is 25.4 Å². The van der Waals surface area contributed by atoms with Gasteiger partial charge in [-0.05, 0) is 31.8 Å². The zero-order valence-corrected chi connectivity index (χ0v) is 12.5. The zero-order chi connectivity index (χ0) is 15.4. The van der Waals surface area contributed by atoms with Crippen LogP contribution in [0.2, 0.25) is 0 Å². The SMILES string of the molecule is CC(=O)Nc1cccc(-c2cn(CCN(C)C)nc2O)c1. The van der Waals surface area contributed by atoms with E-state index >= 15 is 0 Å². The zero-order valence-electron chi connectivity index (χ0n) is 12.5. The minimum absolute atomic E-state index is 0.00580. The quantitative estimate of drug-likeness (QED) is 0.880. The normalized spacial score (nSPS) is 10.9. The Labute approximate surface area is 124 Å². The van der Waals surface area contributed by atoms with Crippen LogP contribution in [0.4, 0.5) is 5.69 Å². The van der Waals surface area contributed by atoms with E-state index in [2.05, 4.69) is 15.3 Å². The van der Waals surface area contributed by atoms with Crippen molar-refractivity contribution in [1.82, 2.24) is 14.7 Å². The second kappa shape index (κ2) is 6.41. The first-order valence-electron chi connectivity index (χ1n) is 6.75. The average molecular weight is 288 g/mol. The summed E-state index contributed by atoms with van der Waals surface area (Å²) in [4.78, 5) is 13.2. The lowest BCUT2D eigenvalue weighted by Crippen LogP contribution is -2.18. The minimum atomic E-state index is -0.127. The lowest BCUT2D eigenvalue weighted by atomic mass is 10.1. The van der Waals surface area contributed by atoms with E-state index in [9.17, 15) is 9.90 Å². The first-order chi connectivity index (χ1) is 9.95. The molecule has 21 heavy (non-hydrogen) atoms. The maximum absolute atomic E-state index is 11.1. The number of amides is 1. The molecule has 1 aromatic carbocycles. The van der Waals surface area contributed by atoms with Gasteiger partial charge in [0.15, 0.2) is 0 Å². The fourth-order valence-electron chi connectivity index (χ4n) is 2.00. The van der Waals surface area contributed by atoms with Gasteiger partial charge >= 0.3 is 0 Å². The Balaban J connectivity index is 2.23. The fraction of sp³-hybridized carbons (Fsp3) is 0.333. The van der Waals surface area contributed by atoms with Crippen LogP contribution in [0.5, 0.6) is 5.88 Å². The van der Waals surface area contributed by atoms with Gasteiger partial charge in [-0.15, -0.1) is 5.10 Å². The van der Waals surface area contributed by atoms with Gasteiger partial charge in [0.25, 0.3) is 0 Å². The Morgan fingerprint density at radius 2 is 2.19 bits per heavy atom. The van der Waals surface area contributed by atoms with Crippen LogP contribution in [-0.2, 0) is 11.3 Å². The van der Waals surface area contributed by atoms with Gasteiger partial charge in [-0.3, -0.25) is 9.48 Å². The molecule has 0 spiro atoms. The second-order valence-electron chi connectivity index (χ2n) is 5.19. The van der Waals surface area contributed by atoms with Crippen molar-refractivity contribution in [2.75, 3.05) is 26.0 Å². The highest BCUT2D eigenvalue weighted by atomic mass is 16.3. The molecule has 0 atom stereocenters. The molecule has 0 saturated carbocycles. The number of aromatic nitrogens is 2. The highest BCUT2D eigenvalue weighted by Gasteiger charge is 2.11. The molecule has 2 aromatic rings. The van der Waals surface area contributed by atoms with E-state index in [0.29, 0.717) is 17.8 Å². The standard InChI is InChI=1S/C15H20N4O2/c1-11(20)16-13-6-4-5-12(9-13)14-10-19(17-15(14)21)8-7-18(2)3/h4-6,9-10H,7-8H2,1-3H3,(H,16,20)(H,17,21). The van der Waals surface area contributed by atoms with Crippen molar-refractivity contribution in [3.8, 4) is 17.0 Å². The number of nitrogens with one attached hydrogen (secondary N) is 1. The third-order valence-corrected chi connectivity index (χ3v) is 3.01. The highest BCUT2D eigenvalue weighted by molar-refractivity contribution is 5.89. The summed E-state index contributed by atoms with van der Waals surface area (Å²) in [6, 6.07) is 7.32. The van der Waals surface area contributed by atoms with Crippen LogP contribution in [0.25, 0.3) is 11.1 Å². The molecule has 0 aliphatic rings. The summed E-state index contributed by atoms with van der Waals surface area (Å²) in [6.45, 7) is 3.00. The van der Waals surface area contributed by atoms with E-state index in [0.717, 1.165) is 12.1 Å². The van der Waals surface area contributed by atoms with E-state index in [-0.39, 0.29) is 11.8 Å². The maximum Gasteiger partial charge on any atom is 0.238 e. The van der Waals surface area contributed by atoms with Gasteiger partial charge < -0.3 is 15.3 Å². The van der Waals surface area contributed by atoms with E-state index in [1.54, 1.807) is 10.7 Å². The summed E-state index contributed by atoms with van der Waals surface area (Å²) >= 11 is 0. The first kappa shape index (κ1) is 15.1. The minimum Gasteiger partial charge on any atom is -0.492 e. The van der Waals surface area contributed by atoms with Crippen molar-refractivity contribution < 1.29 is 9.90 Å². The van der Waals surface area contributed by atoms with Gasteiger partial charge in [0.2, 0.25) is 11.8 Å². The molecule has 1 aromatic heterocycles. The molecule has 2 rings (SSSR count). The number of hydrogen-bond donors (Lipinski definition) is 2. The third-order valence-electron chi connectivity index (χ3n) is 3.01. The summed E-state index contributed by atoms with van der Waals surface area (Å²) in [7, 11) is 3.97. The highest BCUT2D eigenvalue weighted by Crippen LogP contribution is 2.29. The number of likely N-dealkylation sites (N-methyl/N-ethyl adjacent to an activating group) is 1. The molecule has 0 aliphatic heterocycles. The molecule has 1 heterocycles. The molecule has 112 valence electrons. The van der Waals surface area contributed by atoms with Gasteiger partial charge in [0.05, 0.1) is 12.1 Å². The topological polar surface area (TPSA) is 70.4 Å². The predicted octanol–water partition coefficient (Wildman–Crippen LogP) is 1.78. The Bertz CT molecular complexity index is 634. The Kier molecular flexibility index (Phi) is 4.59. The molecule has 0 unspecified atom stereocenters. The predicted molar refractivity (Wildman–Crippen MR) is 82.2 cm³/mol. The van der Waals surface area contributed by atoms with E-state index in [1.807, 2.05) is 38.5 Å². The van der Waals surface area contributed by atoms with E-state index in [1.165, 1.54) is 6.92 Å². The Morgan fingerprint density at radius 1 is 1.43 bits per heavy atom. The second-order valence-corrected chi connectivity index (χ2v) is 5.19. The Hall–Kier alpha value is -2.34. The lowest BCUT2D eigenvalue weighted by molar-refractivity contribution is -0.114. The molecule has 6 nitrogen and oxygen atoms in total. The van der Waals surface area contributed by atoms with Gasteiger partial charge in [0.1, 0.15) is 0 Å². The number of benzene rings is 1. The summed E-state index contributed by atoms with van der Waals surface area (Å²) in [6.07, 6.45) is 1.81. The van der Waals surface area contributed by atoms with Crippen molar-refractivity contribution in [1.29, 1.82) is 0 Å². The number of nitrogens with zero attached hydrogens (tertiary/aromatic N) is 3. The van der Waals surface area contributed by atoms with Crippen molar-refractivity contribution in [2.45, 2.75) is 13.5 Å². The number of anilines is 1. The van der Waals surface area contributed by atoms with Crippen LogP contribution in [0, 0.1) is 0 Å². The first-order valence-corrected chi connectivity index (χ1v) is 6.75. The smallest absolute Gasteiger partial charge is 0.238 e. The third kappa shape index (κ3) is 4.06. The number of rotatable bonds is 5. The van der Waals surface area contributed by atoms with Crippen LogP contribution in [-0.4, -0.2) is 46.3 Å². The van der Waals surface area contributed by atoms with Crippen molar-refractivity contribution >= 4 is 11.6 Å². The average Bonchev–Trinajstić information content (AvgIpc) is 2.77. The number of aromatic hydroxyl groups is 1. The van der Waals surface area contributed by atoms with Gasteiger partial charge in [-0.25, -0.2) is 0 Å². The monoisotopic (exact) mass is 288 g/mol. The molecule has 1 amide bonds. The van der Waals surface area contributed by atoms with Gasteiger partial charge in [-0.2, -0.15) is 0 Å². The molecule has 2 N–H and O–H groups in total. The van der Waals surface area contributed by atoms with Crippen LogP contribution in [0.3, 0.4) is 0 Å². The summed E-state index contributed by atoms with van der Waals surface area (Å²) in [5, 5.41) is 16.8. The molecular formula is C15H20N4O2. The molecule has 0 bridgehead atoms. The molecule has 0 fully saturated rings. The number of carbonyl (C=O) groups excluding carboxylic acids is 1. The lowest BCUT2D eigenvalue weighted by Gasteiger charge is -2.08. The van der Waals surface area contributed by atoms with Crippen LogP contribution < -0.4 is 5.32 Å². The van der Waals surface area contributed by atoms with Crippen molar-refractivity contribution in [3.05, 3.63) is 30.5 Å². The number of hydrogen-bond acceptors (Lipinski definition) is 4. The largest absolute Gasteiger partial charge is 0.492 e. The molecule has 6 heteroatoms. The molecule has 0 radical (unpaired) electrons. The summed E-state index contributed by atoms with van der Waals surface area (Å²) in [5.41, 5.74) is 2.16.